The SMILES string of the molecule is C[C@@H]1CCCC[C@@H]1NC(=O)COC(=O)c1ccc(-c2ccc([N+](=O)[O-])cc2)o1. The van der Waals surface area contributed by atoms with Crippen molar-refractivity contribution in [2.75, 3.05) is 6.61 Å². The first-order valence-electron chi connectivity index (χ1n) is 9.25. The van der Waals surface area contributed by atoms with Gasteiger partial charge in [0.05, 0.1) is 4.92 Å². The summed E-state index contributed by atoms with van der Waals surface area (Å²) in [4.78, 5) is 34.3. The van der Waals surface area contributed by atoms with Crippen molar-refractivity contribution in [1.29, 1.82) is 0 Å². The maximum Gasteiger partial charge on any atom is 0.374 e. The van der Waals surface area contributed by atoms with Crippen LogP contribution in [0.5, 0.6) is 0 Å². The van der Waals surface area contributed by atoms with Gasteiger partial charge < -0.3 is 14.5 Å². The molecule has 1 fully saturated rings. The molecule has 8 heteroatoms. The number of carbonyl (C=O) groups excluding carboxylic acids is 2. The van der Waals surface area contributed by atoms with E-state index in [9.17, 15) is 19.7 Å². The maximum atomic E-state index is 12.1. The number of carbonyl (C=O) groups is 2. The van der Waals surface area contributed by atoms with E-state index in [-0.39, 0.29) is 30.0 Å². The normalized spacial score (nSPS) is 19.0. The van der Waals surface area contributed by atoms with Crippen LogP contribution < -0.4 is 5.32 Å². The van der Waals surface area contributed by atoms with Gasteiger partial charge >= 0.3 is 5.97 Å². The molecule has 0 bridgehead atoms. The highest BCUT2D eigenvalue weighted by Crippen LogP contribution is 2.25. The van der Waals surface area contributed by atoms with Crippen molar-refractivity contribution in [2.45, 2.75) is 38.6 Å². The Bertz CT molecular complexity index is 858. The number of non-ortho nitro benzene ring substituents is 1. The molecule has 8 nitrogen and oxygen atoms in total. The van der Waals surface area contributed by atoms with Crippen molar-refractivity contribution < 1.29 is 23.7 Å². The zero-order valence-electron chi connectivity index (χ0n) is 15.6. The van der Waals surface area contributed by atoms with E-state index in [0.29, 0.717) is 17.2 Å². The molecule has 1 heterocycles. The Balaban J connectivity index is 1.53. The van der Waals surface area contributed by atoms with Crippen molar-refractivity contribution in [1.82, 2.24) is 5.32 Å². The van der Waals surface area contributed by atoms with E-state index in [0.717, 1.165) is 19.3 Å². The molecule has 3 rings (SSSR count). The van der Waals surface area contributed by atoms with Gasteiger partial charge in [-0.05, 0) is 43.0 Å². The van der Waals surface area contributed by atoms with Crippen LogP contribution in [0.4, 0.5) is 5.69 Å². The molecule has 1 N–H and O–H groups in total. The lowest BCUT2D eigenvalue weighted by atomic mass is 9.86. The van der Waals surface area contributed by atoms with Gasteiger partial charge in [0.25, 0.3) is 11.6 Å². The van der Waals surface area contributed by atoms with E-state index in [1.807, 2.05) is 0 Å². The molecular formula is C20H22N2O6. The number of esters is 1. The second kappa shape index (κ2) is 8.69. The monoisotopic (exact) mass is 386 g/mol. The molecule has 0 radical (unpaired) electrons. The maximum absolute atomic E-state index is 12.1. The van der Waals surface area contributed by atoms with E-state index < -0.39 is 10.9 Å². The summed E-state index contributed by atoms with van der Waals surface area (Å²) in [5.41, 5.74) is 0.557. The highest BCUT2D eigenvalue weighted by atomic mass is 16.6. The molecule has 2 aromatic rings. The van der Waals surface area contributed by atoms with Gasteiger partial charge in [-0.15, -0.1) is 0 Å². The molecule has 1 aromatic carbocycles. The predicted molar refractivity (Wildman–Crippen MR) is 101 cm³/mol. The number of furan rings is 1. The summed E-state index contributed by atoms with van der Waals surface area (Å²) in [6.07, 6.45) is 4.30. The van der Waals surface area contributed by atoms with Gasteiger partial charge in [-0.3, -0.25) is 14.9 Å². The van der Waals surface area contributed by atoms with Crippen molar-refractivity contribution in [3.8, 4) is 11.3 Å². The molecule has 0 spiro atoms. The molecule has 2 atom stereocenters. The third-order valence-corrected chi connectivity index (χ3v) is 4.96. The molecule has 28 heavy (non-hydrogen) atoms. The van der Waals surface area contributed by atoms with Gasteiger partial charge in [0.1, 0.15) is 5.76 Å². The quantitative estimate of drug-likeness (QED) is 0.460. The number of nitro groups is 1. The molecule has 1 aliphatic rings. The third-order valence-electron chi connectivity index (χ3n) is 4.96. The number of hydrogen-bond acceptors (Lipinski definition) is 6. The molecule has 148 valence electrons. The fourth-order valence-corrected chi connectivity index (χ4v) is 3.33. The van der Waals surface area contributed by atoms with E-state index in [1.165, 1.54) is 36.8 Å². The number of nitro benzene ring substituents is 1. The van der Waals surface area contributed by atoms with Crippen LogP contribution in [0.3, 0.4) is 0 Å². The number of benzene rings is 1. The number of ether oxygens (including phenoxy) is 1. The minimum Gasteiger partial charge on any atom is -0.450 e. The van der Waals surface area contributed by atoms with Crippen LogP contribution in [-0.2, 0) is 9.53 Å². The van der Waals surface area contributed by atoms with Crippen LogP contribution in [0.25, 0.3) is 11.3 Å². The fourth-order valence-electron chi connectivity index (χ4n) is 3.33. The first-order valence-corrected chi connectivity index (χ1v) is 9.25. The molecule has 0 saturated heterocycles. The molecule has 0 unspecified atom stereocenters. The second-order valence-electron chi connectivity index (χ2n) is 6.98. The summed E-state index contributed by atoms with van der Waals surface area (Å²) in [6, 6.07) is 8.91. The summed E-state index contributed by atoms with van der Waals surface area (Å²) in [5, 5.41) is 13.6. The van der Waals surface area contributed by atoms with Crippen molar-refractivity contribution in [3.05, 3.63) is 52.3 Å². The van der Waals surface area contributed by atoms with Crippen LogP contribution in [0.15, 0.2) is 40.8 Å². The number of hydrogen-bond donors (Lipinski definition) is 1. The summed E-state index contributed by atoms with van der Waals surface area (Å²) >= 11 is 0. The molecule has 1 aliphatic carbocycles. The summed E-state index contributed by atoms with van der Waals surface area (Å²) in [7, 11) is 0. The Morgan fingerprint density at radius 1 is 1.18 bits per heavy atom. The van der Waals surface area contributed by atoms with Crippen molar-refractivity contribution in [3.63, 3.8) is 0 Å². The molecule has 1 saturated carbocycles. The lowest BCUT2D eigenvalue weighted by molar-refractivity contribution is -0.384. The van der Waals surface area contributed by atoms with Crippen LogP contribution in [0, 0.1) is 16.0 Å². The predicted octanol–water partition coefficient (Wildman–Crippen LogP) is 3.71. The Hall–Kier alpha value is -3.16. The number of nitrogens with one attached hydrogen (secondary N) is 1. The minimum atomic E-state index is -0.736. The third kappa shape index (κ3) is 4.76. The zero-order chi connectivity index (χ0) is 20.1. The van der Waals surface area contributed by atoms with Crippen LogP contribution >= 0.6 is 0 Å². The number of amides is 1. The second-order valence-corrected chi connectivity index (χ2v) is 6.98. The van der Waals surface area contributed by atoms with Crippen LogP contribution in [-0.4, -0.2) is 29.4 Å². The van der Waals surface area contributed by atoms with Crippen molar-refractivity contribution >= 4 is 17.6 Å². The molecule has 1 amide bonds. The Morgan fingerprint density at radius 2 is 1.89 bits per heavy atom. The molecule has 1 aromatic heterocycles. The average molecular weight is 386 g/mol. The van der Waals surface area contributed by atoms with Gasteiger partial charge in [-0.25, -0.2) is 4.79 Å². The smallest absolute Gasteiger partial charge is 0.374 e. The Morgan fingerprint density at radius 3 is 2.57 bits per heavy atom. The van der Waals surface area contributed by atoms with Gasteiger partial charge in [-0.2, -0.15) is 0 Å². The van der Waals surface area contributed by atoms with Crippen molar-refractivity contribution in [2.24, 2.45) is 5.92 Å². The molecule has 0 aliphatic heterocycles. The first-order chi connectivity index (χ1) is 13.4. The van der Waals surface area contributed by atoms with E-state index >= 15 is 0 Å². The van der Waals surface area contributed by atoms with Crippen LogP contribution in [0.2, 0.25) is 0 Å². The van der Waals surface area contributed by atoms with Gasteiger partial charge in [-0.1, -0.05) is 19.8 Å². The standard InChI is InChI=1S/C20H22N2O6/c1-13-4-2-3-5-16(13)21-19(23)12-27-20(24)18-11-10-17(28-18)14-6-8-15(9-7-14)22(25)26/h6-11,13,16H,2-5,12H2,1H3,(H,21,23)/t13-,16+/m1/s1. The summed E-state index contributed by atoms with van der Waals surface area (Å²) in [5.74, 6) is -0.300. The summed E-state index contributed by atoms with van der Waals surface area (Å²) in [6.45, 7) is 1.74. The lowest BCUT2D eigenvalue weighted by Crippen LogP contribution is -2.42. The number of nitrogens with zero attached hydrogens (tertiary/aromatic N) is 1. The largest absolute Gasteiger partial charge is 0.450 e. The fraction of sp³-hybridized carbons (Fsp3) is 0.400. The Labute approximate surface area is 162 Å². The molecular weight excluding hydrogens is 364 g/mol. The summed E-state index contributed by atoms with van der Waals surface area (Å²) < 4.78 is 10.5. The topological polar surface area (TPSA) is 112 Å². The number of rotatable bonds is 6. The van der Waals surface area contributed by atoms with Gasteiger partial charge in [0.2, 0.25) is 5.76 Å². The first kappa shape index (κ1) is 19.6. The lowest BCUT2D eigenvalue weighted by Gasteiger charge is -2.29. The van der Waals surface area contributed by atoms with Crippen LogP contribution in [0.1, 0.15) is 43.2 Å². The average Bonchev–Trinajstić information content (AvgIpc) is 3.18. The highest BCUT2D eigenvalue weighted by molar-refractivity contribution is 5.89. The van der Waals surface area contributed by atoms with Gasteiger partial charge in [0, 0.05) is 23.7 Å². The zero-order valence-corrected chi connectivity index (χ0v) is 15.6. The highest BCUT2D eigenvalue weighted by Gasteiger charge is 2.23. The Kier molecular flexibility index (Phi) is 6.08. The van der Waals surface area contributed by atoms with E-state index in [4.69, 9.17) is 9.15 Å². The van der Waals surface area contributed by atoms with E-state index in [1.54, 1.807) is 6.07 Å². The van der Waals surface area contributed by atoms with Gasteiger partial charge in [0.15, 0.2) is 6.61 Å². The van der Waals surface area contributed by atoms with E-state index in [2.05, 4.69) is 12.2 Å². The minimum absolute atomic E-state index is 0.0340.